The molecule has 0 fully saturated rings. The number of nitrogens with one attached hydrogen (secondary N) is 1. The third-order valence-corrected chi connectivity index (χ3v) is 6.43. The molecule has 0 aliphatic rings. The van der Waals surface area contributed by atoms with Crippen molar-refractivity contribution in [2.45, 2.75) is 117 Å². The number of hydrogen-bond acceptors (Lipinski definition) is 5. The number of unbranched alkanes of at least 4 members (excludes halogenated alkanes) is 6. The molecule has 0 aliphatic carbocycles. The van der Waals surface area contributed by atoms with E-state index in [0.29, 0.717) is 42.9 Å². The first-order valence-electron chi connectivity index (χ1n) is 13.9. The smallest absolute Gasteiger partial charge is 0.336 e. The van der Waals surface area contributed by atoms with Gasteiger partial charge in [-0.1, -0.05) is 73.6 Å². The maximum Gasteiger partial charge on any atom is 0.336 e. The Bertz CT molecular complexity index is 1000. The molecule has 0 aromatic heterocycles. The van der Waals surface area contributed by atoms with Crippen LogP contribution in [0.5, 0.6) is 5.75 Å². The highest BCUT2D eigenvalue weighted by Gasteiger charge is 2.36. The van der Waals surface area contributed by atoms with Crippen molar-refractivity contribution >= 4 is 23.8 Å². The third kappa shape index (κ3) is 11.7. The fourth-order valence-corrected chi connectivity index (χ4v) is 4.69. The molecule has 0 aliphatic heterocycles. The van der Waals surface area contributed by atoms with Gasteiger partial charge in [-0.25, -0.2) is 9.59 Å². The zero-order valence-corrected chi connectivity index (χ0v) is 24.4. The highest BCUT2D eigenvalue weighted by atomic mass is 16.5. The van der Waals surface area contributed by atoms with E-state index < -0.39 is 28.7 Å². The van der Waals surface area contributed by atoms with Crippen molar-refractivity contribution in [2.75, 3.05) is 13.2 Å². The van der Waals surface area contributed by atoms with E-state index in [0.717, 1.165) is 44.9 Å². The zero-order chi connectivity index (χ0) is 29.8. The molecule has 0 bridgehead atoms. The molecule has 1 rings (SSSR count). The standard InChI is InChI=1S/C30H47NO8/c1-29(2,3)25-20(27(35)36)19-21(26(30(4,5)6)24(25)28(37)38)39-18-13-11-9-7-8-10-12-15-22(32)31-17-14-16-23(33)34/h19H,7-18H2,1-6H3,(H,31,32)(H,33,34)(H,35,36)(H,37,38). The summed E-state index contributed by atoms with van der Waals surface area (Å²) in [7, 11) is 0. The molecule has 9 heteroatoms. The first-order valence-corrected chi connectivity index (χ1v) is 13.9. The first kappa shape index (κ1) is 33.9. The van der Waals surface area contributed by atoms with Crippen molar-refractivity contribution in [1.29, 1.82) is 0 Å². The molecule has 1 amide bonds. The van der Waals surface area contributed by atoms with Crippen LogP contribution in [-0.4, -0.2) is 52.3 Å². The van der Waals surface area contributed by atoms with Crippen LogP contribution in [-0.2, 0) is 20.4 Å². The van der Waals surface area contributed by atoms with Crippen LogP contribution in [0, 0.1) is 0 Å². The fourth-order valence-electron chi connectivity index (χ4n) is 4.69. The van der Waals surface area contributed by atoms with Crippen LogP contribution in [0.3, 0.4) is 0 Å². The maximum atomic E-state index is 12.4. The minimum atomic E-state index is -1.18. The molecular formula is C30H47NO8. The van der Waals surface area contributed by atoms with E-state index in [4.69, 9.17) is 9.84 Å². The molecule has 0 spiro atoms. The Hall–Kier alpha value is -3.10. The van der Waals surface area contributed by atoms with Gasteiger partial charge in [-0.3, -0.25) is 9.59 Å². The lowest BCUT2D eigenvalue weighted by atomic mass is 9.73. The summed E-state index contributed by atoms with van der Waals surface area (Å²) in [6.07, 6.45) is 7.41. The van der Waals surface area contributed by atoms with Crippen molar-refractivity contribution in [1.82, 2.24) is 5.32 Å². The van der Waals surface area contributed by atoms with E-state index in [9.17, 15) is 29.4 Å². The number of aliphatic carboxylic acids is 1. The summed E-state index contributed by atoms with van der Waals surface area (Å²) in [5.41, 5.74) is -0.483. The zero-order valence-electron chi connectivity index (χ0n) is 24.4. The number of carboxylic acid groups (broad SMARTS) is 3. The molecule has 220 valence electrons. The Morgan fingerprint density at radius 2 is 1.26 bits per heavy atom. The van der Waals surface area contributed by atoms with E-state index >= 15 is 0 Å². The quantitative estimate of drug-likeness (QED) is 0.169. The van der Waals surface area contributed by atoms with Gasteiger partial charge in [0, 0.05) is 24.9 Å². The molecule has 1 aromatic carbocycles. The number of rotatable bonds is 17. The van der Waals surface area contributed by atoms with Crippen LogP contribution in [0.4, 0.5) is 0 Å². The normalized spacial score (nSPS) is 11.7. The van der Waals surface area contributed by atoms with Crippen LogP contribution in [0.2, 0.25) is 0 Å². The highest BCUT2D eigenvalue weighted by Crippen LogP contribution is 2.42. The van der Waals surface area contributed by atoms with Gasteiger partial charge in [0.05, 0.1) is 17.7 Å². The van der Waals surface area contributed by atoms with Gasteiger partial charge in [0.15, 0.2) is 0 Å². The SMILES string of the molecule is CC(C)(C)c1c(OCCCCCCCCCC(=O)NCCCC(=O)O)cc(C(=O)O)c(C(C)(C)C)c1C(=O)O. The van der Waals surface area contributed by atoms with Crippen molar-refractivity contribution in [2.24, 2.45) is 0 Å². The number of benzene rings is 1. The van der Waals surface area contributed by atoms with Gasteiger partial charge in [0.2, 0.25) is 5.91 Å². The van der Waals surface area contributed by atoms with E-state index in [1.54, 1.807) is 0 Å². The topological polar surface area (TPSA) is 150 Å². The Morgan fingerprint density at radius 1 is 0.718 bits per heavy atom. The van der Waals surface area contributed by atoms with Gasteiger partial charge >= 0.3 is 17.9 Å². The van der Waals surface area contributed by atoms with Crippen molar-refractivity contribution < 1.29 is 39.2 Å². The summed E-state index contributed by atoms with van der Waals surface area (Å²) in [5.74, 6) is -2.93. The predicted molar refractivity (Wildman–Crippen MR) is 150 cm³/mol. The van der Waals surface area contributed by atoms with Crippen molar-refractivity contribution in [3.05, 3.63) is 28.3 Å². The van der Waals surface area contributed by atoms with Crippen molar-refractivity contribution in [3.8, 4) is 5.75 Å². The van der Waals surface area contributed by atoms with Gasteiger partial charge in [-0.15, -0.1) is 0 Å². The van der Waals surface area contributed by atoms with E-state index in [-0.39, 0.29) is 23.5 Å². The molecule has 0 unspecified atom stereocenters. The molecule has 0 atom stereocenters. The Morgan fingerprint density at radius 3 is 1.74 bits per heavy atom. The summed E-state index contributed by atoms with van der Waals surface area (Å²) >= 11 is 0. The van der Waals surface area contributed by atoms with Crippen LogP contribution in [0.15, 0.2) is 6.07 Å². The number of carbonyl (C=O) groups excluding carboxylic acids is 1. The molecule has 1 aromatic rings. The first-order chi connectivity index (χ1) is 18.1. The van der Waals surface area contributed by atoms with E-state index in [1.807, 2.05) is 41.5 Å². The van der Waals surface area contributed by atoms with Gasteiger partial charge in [0.1, 0.15) is 5.75 Å². The number of amides is 1. The lowest BCUT2D eigenvalue weighted by molar-refractivity contribution is -0.137. The second kappa shape index (κ2) is 15.5. The monoisotopic (exact) mass is 549 g/mol. The number of carbonyl (C=O) groups is 4. The summed E-state index contributed by atoms with van der Waals surface area (Å²) in [4.78, 5) is 46.7. The maximum absolute atomic E-state index is 12.4. The minimum absolute atomic E-state index is 0.0128. The largest absolute Gasteiger partial charge is 0.493 e. The summed E-state index contributed by atoms with van der Waals surface area (Å²) in [6, 6.07) is 1.48. The third-order valence-electron chi connectivity index (χ3n) is 6.43. The minimum Gasteiger partial charge on any atom is -0.493 e. The summed E-state index contributed by atoms with van der Waals surface area (Å²) in [5, 5.41) is 31.4. The molecule has 4 N–H and O–H groups in total. The van der Waals surface area contributed by atoms with Crippen molar-refractivity contribution in [3.63, 3.8) is 0 Å². The summed E-state index contributed by atoms with van der Waals surface area (Å²) < 4.78 is 6.03. The van der Waals surface area contributed by atoms with E-state index in [2.05, 4.69) is 5.32 Å². The predicted octanol–water partition coefficient (Wildman–Crippen LogP) is 6.16. The molecule has 0 heterocycles. The lowest BCUT2D eigenvalue weighted by Crippen LogP contribution is -2.28. The average Bonchev–Trinajstić information content (AvgIpc) is 2.80. The number of ether oxygens (including phenoxy) is 1. The second-order valence-electron chi connectivity index (χ2n) is 12.1. The number of hydrogen-bond donors (Lipinski definition) is 4. The highest BCUT2D eigenvalue weighted by molar-refractivity contribution is 6.00. The molecule has 0 radical (unpaired) electrons. The lowest BCUT2D eigenvalue weighted by Gasteiger charge is -2.31. The van der Waals surface area contributed by atoms with Gasteiger partial charge in [0.25, 0.3) is 0 Å². The van der Waals surface area contributed by atoms with Crippen LogP contribution in [0.1, 0.15) is 138 Å². The fraction of sp³-hybridized carbons (Fsp3) is 0.667. The number of carboxylic acids is 3. The van der Waals surface area contributed by atoms with Gasteiger partial charge in [-0.05, 0) is 41.7 Å². The Balaban J connectivity index is 2.62. The van der Waals surface area contributed by atoms with Gasteiger partial charge in [-0.2, -0.15) is 0 Å². The Labute approximate surface area is 232 Å². The average molecular weight is 550 g/mol. The van der Waals surface area contributed by atoms with E-state index in [1.165, 1.54) is 6.07 Å². The van der Waals surface area contributed by atoms with Crippen LogP contribution >= 0.6 is 0 Å². The summed E-state index contributed by atoms with van der Waals surface area (Å²) in [6.45, 7) is 11.9. The molecule has 0 saturated heterocycles. The molecular weight excluding hydrogens is 502 g/mol. The molecule has 9 nitrogen and oxygen atoms in total. The second-order valence-corrected chi connectivity index (χ2v) is 12.1. The van der Waals surface area contributed by atoms with Crippen LogP contribution < -0.4 is 10.1 Å². The number of aromatic carboxylic acids is 2. The molecule has 0 saturated carbocycles. The van der Waals surface area contributed by atoms with Crippen LogP contribution in [0.25, 0.3) is 0 Å². The van der Waals surface area contributed by atoms with Gasteiger partial charge < -0.3 is 25.4 Å². The Kier molecular flexibility index (Phi) is 13.5. The molecule has 39 heavy (non-hydrogen) atoms.